The standard InChI is InChI=1S/C25H39N5.C12H12ClN.C3H5N3.C2H6/c1-11-20(3)13-14-22(5)27(9)17-18-28(10)23(6)15-16-24(7)29-19-26-30(25(29)8)21(4)12-2;13-12-7-9(8-14)5-6-11(12)10-3-1-2-4-10;1-6-4-2-3-5-6;1-2/h13-16,19,21H,3,5-8,11-12,17-18H2,1-2,4,9-10H3;5-7,10H,1-4H2;2-3H,1H3;1-2H3/b14-13-,16-15-;;;. The Morgan fingerprint density at radius 1 is 0.981 bits per heavy atom. The van der Waals surface area contributed by atoms with Gasteiger partial charge < -0.3 is 9.80 Å². The molecule has 0 bridgehead atoms. The first-order valence-electron chi connectivity index (χ1n) is 18.2. The SMILES string of the molecule is C=C(/C=C\C(=C)N(C)CCN(C)C(=C)/C=C\C(=C)N1C=NN(C(C)CC)C1=C)CC.CC.Cn1nccn1.N#Cc1ccc(C2CCCC2)c(Cl)c1. The summed E-state index contributed by atoms with van der Waals surface area (Å²) in [5.74, 6) is 1.44. The van der Waals surface area contributed by atoms with E-state index in [2.05, 4.69) is 84.8 Å². The number of hydrogen-bond donors (Lipinski definition) is 0. The third kappa shape index (κ3) is 15.2. The molecule has 1 saturated carbocycles. The zero-order valence-electron chi connectivity index (χ0n) is 33.0. The van der Waals surface area contributed by atoms with Crippen LogP contribution in [0, 0.1) is 11.3 Å². The summed E-state index contributed by atoms with van der Waals surface area (Å²) in [6.45, 7) is 32.6. The average Bonchev–Trinajstić information content (AvgIpc) is 3.95. The van der Waals surface area contributed by atoms with Crippen molar-refractivity contribution in [2.75, 3.05) is 27.2 Å². The molecule has 1 aromatic carbocycles. The molecule has 0 spiro atoms. The lowest BCUT2D eigenvalue weighted by atomic mass is 9.97. The summed E-state index contributed by atoms with van der Waals surface area (Å²) in [6.07, 6.45) is 20.0. The topological polar surface area (TPSA) is 79.8 Å². The number of allylic oxidation sites excluding steroid dienone is 5. The fraction of sp³-hybridized carbons (Fsp3) is 0.429. The largest absolute Gasteiger partial charge is 0.373 e. The number of nitrogens with zero attached hydrogens (tertiary/aromatic N) is 9. The predicted molar refractivity (Wildman–Crippen MR) is 221 cm³/mol. The Labute approximate surface area is 319 Å². The molecule has 0 radical (unpaired) electrons. The number of likely N-dealkylation sites (N-methyl/N-ethyl adjacent to an activating group) is 2. The van der Waals surface area contributed by atoms with Gasteiger partial charge in [0.05, 0.1) is 30.1 Å². The third-order valence-electron chi connectivity index (χ3n) is 8.80. The van der Waals surface area contributed by atoms with Crippen molar-refractivity contribution in [3.8, 4) is 6.07 Å². The molecule has 10 heteroatoms. The van der Waals surface area contributed by atoms with Gasteiger partial charge in [0.25, 0.3) is 0 Å². The van der Waals surface area contributed by atoms with Gasteiger partial charge in [0.1, 0.15) is 12.2 Å². The van der Waals surface area contributed by atoms with Crippen molar-refractivity contribution in [2.45, 2.75) is 85.1 Å². The molecule has 2 aromatic rings. The zero-order valence-corrected chi connectivity index (χ0v) is 33.8. The highest BCUT2D eigenvalue weighted by Gasteiger charge is 2.24. The van der Waals surface area contributed by atoms with Crippen LogP contribution in [0.15, 0.2) is 121 Å². The molecule has 2 heterocycles. The van der Waals surface area contributed by atoms with Crippen molar-refractivity contribution < 1.29 is 0 Å². The smallest absolute Gasteiger partial charge is 0.128 e. The van der Waals surface area contributed by atoms with Crippen LogP contribution in [0.2, 0.25) is 5.02 Å². The summed E-state index contributed by atoms with van der Waals surface area (Å²) in [7, 11) is 5.85. The van der Waals surface area contributed by atoms with Gasteiger partial charge in [-0.05, 0) is 74.4 Å². The van der Waals surface area contributed by atoms with Gasteiger partial charge >= 0.3 is 0 Å². The van der Waals surface area contributed by atoms with Gasteiger partial charge in [-0.2, -0.15) is 25.4 Å². The highest BCUT2D eigenvalue weighted by atomic mass is 35.5. The highest BCUT2D eigenvalue weighted by molar-refractivity contribution is 6.31. The van der Waals surface area contributed by atoms with E-state index in [0.29, 0.717) is 17.5 Å². The average molecular weight is 728 g/mol. The van der Waals surface area contributed by atoms with Gasteiger partial charge in [-0.1, -0.05) is 103 Å². The second-order valence-corrected chi connectivity index (χ2v) is 12.9. The van der Waals surface area contributed by atoms with Gasteiger partial charge in [-0.3, -0.25) is 4.90 Å². The van der Waals surface area contributed by atoms with Gasteiger partial charge in [0, 0.05) is 56.3 Å². The Balaban J connectivity index is 0.000000496. The van der Waals surface area contributed by atoms with E-state index in [4.69, 9.17) is 16.9 Å². The molecule has 1 aliphatic heterocycles. The fourth-order valence-corrected chi connectivity index (χ4v) is 5.36. The van der Waals surface area contributed by atoms with Crippen LogP contribution in [0.4, 0.5) is 0 Å². The Bertz CT molecular complexity index is 1570. The lowest BCUT2D eigenvalue weighted by molar-refractivity contribution is 0.260. The van der Waals surface area contributed by atoms with Crippen molar-refractivity contribution in [3.63, 3.8) is 0 Å². The van der Waals surface area contributed by atoms with Crippen molar-refractivity contribution in [3.05, 3.63) is 132 Å². The van der Waals surface area contributed by atoms with Crippen molar-refractivity contribution >= 4 is 17.9 Å². The predicted octanol–water partition coefficient (Wildman–Crippen LogP) is 10.0. The molecule has 1 aliphatic carbocycles. The molecule has 2 aliphatic rings. The number of aromatic nitrogens is 3. The normalized spacial score (nSPS) is 14.1. The van der Waals surface area contributed by atoms with Crippen LogP contribution in [-0.4, -0.2) is 74.3 Å². The molecule has 1 unspecified atom stereocenters. The Morgan fingerprint density at radius 2 is 1.54 bits per heavy atom. The van der Waals surface area contributed by atoms with E-state index in [1.165, 1.54) is 36.0 Å². The van der Waals surface area contributed by atoms with Crippen LogP contribution in [0.5, 0.6) is 0 Å². The van der Waals surface area contributed by atoms with E-state index >= 15 is 0 Å². The van der Waals surface area contributed by atoms with Crippen molar-refractivity contribution in [1.82, 2.24) is 34.7 Å². The minimum Gasteiger partial charge on any atom is -0.373 e. The molecule has 0 N–H and O–H groups in total. The van der Waals surface area contributed by atoms with E-state index in [1.807, 2.05) is 74.3 Å². The first kappa shape index (κ1) is 45.2. The summed E-state index contributed by atoms with van der Waals surface area (Å²) in [6, 6.07) is 8.05. The molecule has 1 aromatic heterocycles. The first-order valence-corrected chi connectivity index (χ1v) is 18.5. The number of rotatable bonds is 14. The molecule has 4 rings (SSSR count). The van der Waals surface area contributed by atoms with Gasteiger partial charge in [-0.15, -0.1) is 0 Å². The quantitative estimate of drug-likeness (QED) is 0.179. The summed E-state index contributed by atoms with van der Waals surface area (Å²) in [5.41, 5.74) is 5.64. The maximum absolute atomic E-state index is 8.71. The Morgan fingerprint density at radius 3 is 2.00 bits per heavy atom. The number of halogens is 1. The second-order valence-electron chi connectivity index (χ2n) is 12.5. The number of hydrogen-bond acceptors (Lipinski definition) is 8. The van der Waals surface area contributed by atoms with Crippen molar-refractivity contribution in [2.24, 2.45) is 12.1 Å². The highest BCUT2D eigenvalue weighted by Crippen LogP contribution is 2.37. The first-order chi connectivity index (χ1) is 24.8. The van der Waals surface area contributed by atoms with E-state index in [0.717, 1.165) is 59.4 Å². The number of benzene rings is 1. The van der Waals surface area contributed by atoms with Crippen LogP contribution >= 0.6 is 11.6 Å². The van der Waals surface area contributed by atoms with Gasteiger partial charge in [-0.25, -0.2) is 5.01 Å². The second kappa shape index (κ2) is 24.4. The van der Waals surface area contributed by atoms with Crippen LogP contribution in [0.25, 0.3) is 0 Å². The lowest BCUT2D eigenvalue weighted by Crippen LogP contribution is -2.29. The molecule has 282 valence electrons. The van der Waals surface area contributed by atoms with Gasteiger partial charge in [0.15, 0.2) is 0 Å². The monoisotopic (exact) mass is 727 g/mol. The molecule has 1 fully saturated rings. The zero-order chi connectivity index (χ0) is 39.2. The minimum absolute atomic E-state index is 0.304. The number of hydrazone groups is 1. The summed E-state index contributed by atoms with van der Waals surface area (Å²) in [5, 5.41) is 23.3. The van der Waals surface area contributed by atoms with E-state index in [9.17, 15) is 0 Å². The third-order valence-corrected chi connectivity index (χ3v) is 9.12. The molecule has 1 atom stereocenters. The molecule has 0 amide bonds. The summed E-state index contributed by atoms with van der Waals surface area (Å²) >= 11 is 6.14. The van der Waals surface area contributed by atoms with Crippen LogP contribution in [-0.2, 0) is 7.05 Å². The molecule has 52 heavy (non-hydrogen) atoms. The van der Waals surface area contributed by atoms with Crippen LogP contribution in [0.3, 0.4) is 0 Å². The van der Waals surface area contributed by atoms with Crippen LogP contribution < -0.4 is 0 Å². The van der Waals surface area contributed by atoms with E-state index in [-0.39, 0.29) is 0 Å². The summed E-state index contributed by atoms with van der Waals surface area (Å²) in [4.78, 5) is 7.63. The van der Waals surface area contributed by atoms with E-state index in [1.54, 1.807) is 31.8 Å². The molecular formula is C42H62ClN9. The number of aryl methyl sites for hydroxylation is 1. The minimum atomic E-state index is 0.304. The van der Waals surface area contributed by atoms with Crippen molar-refractivity contribution in [1.29, 1.82) is 5.26 Å². The molecule has 9 nitrogen and oxygen atoms in total. The van der Waals surface area contributed by atoms with E-state index < -0.39 is 0 Å². The Kier molecular flexibility index (Phi) is 21.2. The van der Waals surface area contributed by atoms with Gasteiger partial charge in [0.2, 0.25) is 0 Å². The lowest BCUT2D eigenvalue weighted by Gasteiger charge is -2.26. The maximum Gasteiger partial charge on any atom is 0.128 e. The number of nitriles is 1. The molecule has 0 saturated heterocycles. The van der Waals surface area contributed by atoms with Crippen LogP contribution in [0.1, 0.15) is 90.2 Å². The fourth-order valence-electron chi connectivity index (χ4n) is 5.03. The maximum atomic E-state index is 8.71. The molecular weight excluding hydrogens is 666 g/mol. The Hall–Kier alpha value is -4.81. The summed E-state index contributed by atoms with van der Waals surface area (Å²) < 4.78 is 0.